The first-order valence-electron chi connectivity index (χ1n) is 5.63. The summed E-state index contributed by atoms with van der Waals surface area (Å²) in [7, 11) is 1.67. The van der Waals surface area contributed by atoms with Gasteiger partial charge in [-0.2, -0.15) is 5.10 Å². The first kappa shape index (κ1) is 11.4. The van der Waals surface area contributed by atoms with E-state index in [1.807, 2.05) is 0 Å². The number of nitrogen functional groups attached to an aromatic ring is 1. The number of anilines is 2. The molecule has 2 aromatic rings. The predicted octanol–water partition coefficient (Wildman–Crippen LogP) is 0.983. The Hall–Kier alpha value is -2.70. The Morgan fingerprint density at radius 1 is 1.42 bits per heavy atom. The molecule has 0 unspecified atom stereocenters. The lowest BCUT2D eigenvalue weighted by atomic mass is 10.2. The average Bonchev–Trinajstić information content (AvgIpc) is 2.97. The Bertz CT molecular complexity index is 650. The van der Waals surface area contributed by atoms with Crippen LogP contribution in [0.15, 0.2) is 24.4 Å². The van der Waals surface area contributed by atoms with Gasteiger partial charge >= 0.3 is 0 Å². The Kier molecular flexibility index (Phi) is 2.52. The summed E-state index contributed by atoms with van der Waals surface area (Å²) in [4.78, 5) is 12.0. The largest absolute Gasteiger partial charge is 0.454 e. The topological polar surface area (TPSA) is 91.4 Å². The van der Waals surface area contributed by atoms with E-state index in [0.29, 0.717) is 28.6 Å². The molecule has 0 radical (unpaired) electrons. The van der Waals surface area contributed by atoms with Crippen LogP contribution < -0.4 is 20.5 Å². The molecule has 1 aromatic carbocycles. The predicted molar refractivity (Wildman–Crippen MR) is 68.1 cm³/mol. The molecule has 3 N–H and O–H groups in total. The molecule has 0 spiro atoms. The minimum absolute atomic E-state index is 0.197. The molecule has 19 heavy (non-hydrogen) atoms. The number of rotatable bonds is 2. The standard InChI is InChI=1S/C12H12N4O3/c1-16-11(13)8(5-14-16)12(17)15-7-2-3-9-10(4-7)19-6-18-9/h2-5H,6,13H2,1H3,(H,15,17). The zero-order valence-corrected chi connectivity index (χ0v) is 10.2. The summed E-state index contributed by atoms with van der Waals surface area (Å²) in [5.74, 6) is 1.28. The van der Waals surface area contributed by atoms with Gasteiger partial charge < -0.3 is 20.5 Å². The number of amides is 1. The highest BCUT2D eigenvalue weighted by molar-refractivity contribution is 6.07. The molecule has 3 rings (SSSR count). The zero-order valence-electron chi connectivity index (χ0n) is 10.2. The minimum Gasteiger partial charge on any atom is -0.454 e. The molecule has 1 aliphatic rings. The summed E-state index contributed by atoms with van der Waals surface area (Å²) in [5, 5.41) is 6.66. The molecule has 0 atom stereocenters. The second kappa shape index (κ2) is 4.20. The molecule has 98 valence electrons. The summed E-state index contributed by atoms with van der Waals surface area (Å²) in [6.07, 6.45) is 1.43. The number of ether oxygens (including phenoxy) is 2. The van der Waals surface area contributed by atoms with Gasteiger partial charge in [-0.3, -0.25) is 9.48 Å². The molecular weight excluding hydrogens is 248 g/mol. The van der Waals surface area contributed by atoms with Crippen molar-refractivity contribution in [1.29, 1.82) is 0 Å². The number of nitrogens with one attached hydrogen (secondary N) is 1. The summed E-state index contributed by atoms with van der Waals surface area (Å²) in [6.45, 7) is 0.197. The molecule has 0 bridgehead atoms. The number of aryl methyl sites for hydroxylation is 1. The fraction of sp³-hybridized carbons (Fsp3) is 0.167. The lowest BCUT2D eigenvalue weighted by molar-refractivity contribution is 0.102. The van der Waals surface area contributed by atoms with Crippen molar-refractivity contribution >= 4 is 17.4 Å². The second-order valence-electron chi connectivity index (χ2n) is 4.09. The Morgan fingerprint density at radius 2 is 2.21 bits per heavy atom. The number of carbonyl (C=O) groups is 1. The van der Waals surface area contributed by atoms with Crippen LogP contribution in [0.25, 0.3) is 0 Å². The first-order chi connectivity index (χ1) is 9.15. The maximum Gasteiger partial charge on any atom is 0.261 e. The first-order valence-corrected chi connectivity index (χ1v) is 5.63. The summed E-state index contributed by atoms with van der Waals surface area (Å²) >= 11 is 0. The lowest BCUT2D eigenvalue weighted by Crippen LogP contribution is -2.13. The summed E-state index contributed by atoms with van der Waals surface area (Å²) < 4.78 is 11.9. The molecule has 0 saturated heterocycles. The van der Waals surface area contributed by atoms with Gasteiger partial charge in [0, 0.05) is 18.8 Å². The Balaban J connectivity index is 1.82. The highest BCUT2D eigenvalue weighted by Gasteiger charge is 2.17. The van der Waals surface area contributed by atoms with Crippen molar-refractivity contribution in [3.05, 3.63) is 30.0 Å². The molecule has 7 nitrogen and oxygen atoms in total. The number of hydrogen-bond acceptors (Lipinski definition) is 5. The van der Waals surface area contributed by atoms with Crippen LogP contribution in [0.5, 0.6) is 11.5 Å². The normalized spacial score (nSPS) is 12.5. The maximum absolute atomic E-state index is 12.0. The highest BCUT2D eigenvalue weighted by atomic mass is 16.7. The number of carbonyl (C=O) groups excluding carboxylic acids is 1. The van der Waals surface area contributed by atoms with Crippen LogP contribution in [0.1, 0.15) is 10.4 Å². The van der Waals surface area contributed by atoms with Crippen molar-refractivity contribution in [2.24, 2.45) is 7.05 Å². The SMILES string of the molecule is Cn1ncc(C(=O)Nc2ccc3c(c2)OCO3)c1N. The molecule has 0 fully saturated rings. The van der Waals surface area contributed by atoms with E-state index in [-0.39, 0.29) is 12.7 Å². The Morgan fingerprint density at radius 3 is 2.95 bits per heavy atom. The third-order valence-corrected chi connectivity index (χ3v) is 2.86. The summed E-state index contributed by atoms with van der Waals surface area (Å²) in [5.41, 5.74) is 6.68. The quantitative estimate of drug-likeness (QED) is 0.840. The van der Waals surface area contributed by atoms with Crippen LogP contribution in [-0.4, -0.2) is 22.5 Å². The molecule has 0 aliphatic carbocycles. The molecule has 2 heterocycles. The number of benzene rings is 1. The van der Waals surface area contributed by atoms with Gasteiger partial charge in [-0.05, 0) is 12.1 Å². The van der Waals surface area contributed by atoms with Gasteiger partial charge in [-0.25, -0.2) is 0 Å². The number of fused-ring (bicyclic) bond motifs is 1. The van der Waals surface area contributed by atoms with Crippen LogP contribution >= 0.6 is 0 Å². The van der Waals surface area contributed by atoms with E-state index in [0.717, 1.165) is 0 Å². The van der Waals surface area contributed by atoms with E-state index < -0.39 is 0 Å². The third-order valence-electron chi connectivity index (χ3n) is 2.86. The van der Waals surface area contributed by atoms with E-state index in [2.05, 4.69) is 10.4 Å². The smallest absolute Gasteiger partial charge is 0.261 e. The maximum atomic E-state index is 12.0. The zero-order chi connectivity index (χ0) is 13.4. The number of nitrogens with zero attached hydrogens (tertiary/aromatic N) is 2. The van der Waals surface area contributed by atoms with E-state index in [1.165, 1.54) is 10.9 Å². The van der Waals surface area contributed by atoms with Crippen molar-refractivity contribution < 1.29 is 14.3 Å². The average molecular weight is 260 g/mol. The lowest BCUT2D eigenvalue weighted by Gasteiger charge is -2.05. The minimum atomic E-state index is -0.315. The highest BCUT2D eigenvalue weighted by Crippen LogP contribution is 2.34. The van der Waals surface area contributed by atoms with Crippen LogP contribution in [0.3, 0.4) is 0 Å². The molecule has 1 amide bonds. The number of nitrogens with two attached hydrogens (primary N) is 1. The fourth-order valence-electron chi connectivity index (χ4n) is 1.79. The van der Waals surface area contributed by atoms with Crippen LogP contribution in [0, 0.1) is 0 Å². The van der Waals surface area contributed by atoms with Crippen molar-refractivity contribution in [2.45, 2.75) is 0 Å². The molecule has 7 heteroatoms. The second-order valence-corrected chi connectivity index (χ2v) is 4.09. The number of aromatic nitrogens is 2. The molecule has 0 saturated carbocycles. The van der Waals surface area contributed by atoms with Crippen LogP contribution in [-0.2, 0) is 7.05 Å². The van der Waals surface area contributed by atoms with Gasteiger partial charge in [0.05, 0.1) is 6.20 Å². The van der Waals surface area contributed by atoms with Gasteiger partial charge in [0.25, 0.3) is 5.91 Å². The van der Waals surface area contributed by atoms with Gasteiger partial charge in [0.2, 0.25) is 6.79 Å². The third kappa shape index (κ3) is 1.95. The van der Waals surface area contributed by atoms with E-state index in [1.54, 1.807) is 25.2 Å². The van der Waals surface area contributed by atoms with E-state index in [4.69, 9.17) is 15.2 Å². The van der Waals surface area contributed by atoms with Gasteiger partial charge in [0.1, 0.15) is 11.4 Å². The van der Waals surface area contributed by atoms with E-state index >= 15 is 0 Å². The van der Waals surface area contributed by atoms with Crippen LogP contribution in [0.2, 0.25) is 0 Å². The van der Waals surface area contributed by atoms with Crippen molar-refractivity contribution in [3.63, 3.8) is 0 Å². The van der Waals surface area contributed by atoms with Gasteiger partial charge in [-0.1, -0.05) is 0 Å². The molecule has 1 aliphatic heterocycles. The number of hydrogen-bond donors (Lipinski definition) is 2. The van der Waals surface area contributed by atoms with Crippen molar-refractivity contribution in [1.82, 2.24) is 9.78 Å². The monoisotopic (exact) mass is 260 g/mol. The fourth-order valence-corrected chi connectivity index (χ4v) is 1.79. The van der Waals surface area contributed by atoms with Crippen LogP contribution in [0.4, 0.5) is 11.5 Å². The van der Waals surface area contributed by atoms with E-state index in [9.17, 15) is 4.79 Å². The van der Waals surface area contributed by atoms with Crippen molar-refractivity contribution in [2.75, 3.05) is 17.8 Å². The molecular formula is C12H12N4O3. The summed E-state index contributed by atoms with van der Waals surface area (Å²) in [6, 6.07) is 5.18. The Labute approximate surface area is 108 Å². The van der Waals surface area contributed by atoms with Gasteiger partial charge in [-0.15, -0.1) is 0 Å². The molecule has 1 aromatic heterocycles. The van der Waals surface area contributed by atoms with Gasteiger partial charge in [0.15, 0.2) is 11.5 Å². The van der Waals surface area contributed by atoms with Crippen molar-refractivity contribution in [3.8, 4) is 11.5 Å².